The van der Waals surface area contributed by atoms with E-state index < -0.39 is 0 Å². The van der Waals surface area contributed by atoms with Gasteiger partial charge in [0.05, 0.1) is 0 Å². The minimum absolute atomic E-state index is 0.330. The summed E-state index contributed by atoms with van der Waals surface area (Å²) >= 11 is 0. The van der Waals surface area contributed by atoms with Crippen molar-refractivity contribution >= 4 is 0 Å². The highest BCUT2D eigenvalue weighted by Crippen LogP contribution is 2.20. The molecular formula is C8H17N. The van der Waals surface area contributed by atoms with E-state index >= 15 is 0 Å². The molecule has 0 aromatic rings. The molecule has 0 aromatic heterocycles. The fraction of sp³-hybridized carbons (Fsp3) is 0.750. The lowest BCUT2D eigenvalue weighted by Gasteiger charge is -2.17. The smallest absolute Gasteiger partial charge is 0.00424 e. The average Bonchev–Trinajstić information content (AvgIpc) is 1.62. The van der Waals surface area contributed by atoms with E-state index in [0.29, 0.717) is 5.41 Å². The van der Waals surface area contributed by atoms with Crippen LogP contribution in [0.15, 0.2) is 11.8 Å². The number of hydrogen-bond donors (Lipinski definition) is 1. The second kappa shape index (κ2) is 2.90. The van der Waals surface area contributed by atoms with E-state index in [-0.39, 0.29) is 0 Å². The fourth-order valence-corrected chi connectivity index (χ4v) is 0.714. The largest absolute Gasteiger partial charge is 0.402 e. The summed E-state index contributed by atoms with van der Waals surface area (Å²) in [5, 5.41) is 0. The fourth-order valence-electron chi connectivity index (χ4n) is 0.714. The van der Waals surface area contributed by atoms with Crippen LogP contribution in [0.4, 0.5) is 0 Å². The highest BCUT2D eigenvalue weighted by Gasteiger charge is 2.09. The van der Waals surface area contributed by atoms with Crippen molar-refractivity contribution in [3.05, 3.63) is 11.8 Å². The Morgan fingerprint density at radius 1 is 1.44 bits per heavy atom. The van der Waals surface area contributed by atoms with Gasteiger partial charge in [-0.15, -0.1) is 0 Å². The molecular weight excluding hydrogens is 110 g/mol. The van der Waals surface area contributed by atoms with Crippen molar-refractivity contribution in [2.75, 3.05) is 0 Å². The van der Waals surface area contributed by atoms with E-state index in [1.54, 1.807) is 0 Å². The first-order valence-electron chi connectivity index (χ1n) is 3.36. The monoisotopic (exact) mass is 127 g/mol. The normalized spacial score (nSPS) is 14.0. The van der Waals surface area contributed by atoms with Gasteiger partial charge in [-0.25, -0.2) is 0 Å². The van der Waals surface area contributed by atoms with Crippen LogP contribution in [0.1, 0.15) is 34.1 Å². The van der Waals surface area contributed by atoms with Gasteiger partial charge in [-0.05, 0) is 18.8 Å². The summed E-state index contributed by atoms with van der Waals surface area (Å²) in [5.74, 6) is 0. The standard InChI is InChI=1S/C8H17N/c1-5-7(9)6-8(2,3)4/h5H,6,9H2,1-4H3/b7-5-. The Labute approximate surface area is 57.9 Å². The van der Waals surface area contributed by atoms with E-state index in [9.17, 15) is 0 Å². The molecule has 54 valence electrons. The lowest BCUT2D eigenvalue weighted by molar-refractivity contribution is 0.407. The van der Waals surface area contributed by atoms with Crippen LogP contribution in [0.3, 0.4) is 0 Å². The second-order valence-electron chi connectivity index (χ2n) is 3.60. The summed E-state index contributed by atoms with van der Waals surface area (Å²) in [7, 11) is 0. The minimum Gasteiger partial charge on any atom is -0.402 e. The average molecular weight is 127 g/mol. The van der Waals surface area contributed by atoms with Crippen LogP contribution in [-0.4, -0.2) is 0 Å². The first kappa shape index (κ1) is 8.54. The summed E-state index contributed by atoms with van der Waals surface area (Å²) in [6.45, 7) is 8.52. The van der Waals surface area contributed by atoms with Gasteiger partial charge < -0.3 is 5.73 Å². The maximum absolute atomic E-state index is 5.62. The molecule has 0 aliphatic heterocycles. The topological polar surface area (TPSA) is 26.0 Å². The van der Waals surface area contributed by atoms with Crippen LogP contribution in [0.5, 0.6) is 0 Å². The summed E-state index contributed by atoms with van der Waals surface area (Å²) in [6, 6.07) is 0. The SMILES string of the molecule is C/C=C(\N)CC(C)(C)C. The van der Waals surface area contributed by atoms with Gasteiger partial charge in [-0.3, -0.25) is 0 Å². The molecule has 0 fully saturated rings. The van der Waals surface area contributed by atoms with Gasteiger partial charge in [0.15, 0.2) is 0 Å². The predicted molar refractivity (Wildman–Crippen MR) is 42.0 cm³/mol. The van der Waals surface area contributed by atoms with Gasteiger partial charge in [0, 0.05) is 5.70 Å². The molecule has 1 nitrogen and oxygen atoms in total. The highest BCUT2D eigenvalue weighted by molar-refractivity contribution is 4.96. The van der Waals surface area contributed by atoms with Gasteiger partial charge in [0.1, 0.15) is 0 Å². The minimum atomic E-state index is 0.330. The lowest BCUT2D eigenvalue weighted by Crippen LogP contribution is -2.10. The summed E-state index contributed by atoms with van der Waals surface area (Å²) in [4.78, 5) is 0. The van der Waals surface area contributed by atoms with Crippen molar-refractivity contribution < 1.29 is 0 Å². The molecule has 0 atom stereocenters. The van der Waals surface area contributed by atoms with Crippen LogP contribution >= 0.6 is 0 Å². The molecule has 0 bridgehead atoms. The number of hydrogen-bond acceptors (Lipinski definition) is 1. The maximum atomic E-state index is 5.62. The van der Waals surface area contributed by atoms with E-state index in [1.807, 2.05) is 13.0 Å². The molecule has 0 aromatic carbocycles. The molecule has 2 N–H and O–H groups in total. The first-order valence-corrected chi connectivity index (χ1v) is 3.36. The van der Waals surface area contributed by atoms with Crippen molar-refractivity contribution in [1.29, 1.82) is 0 Å². The van der Waals surface area contributed by atoms with Gasteiger partial charge in [0.25, 0.3) is 0 Å². The third-order valence-corrected chi connectivity index (χ3v) is 1.11. The molecule has 0 spiro atoms. The summed E-state index contributed by atoms with van der Waals surface area (Å²) < 4.78 is 0. The quantitative estimate of drug-likeness (QED) is 0.574. The Kier molecular flexibility index (Phi) is 2.75. The van der Waals surface area contributed by atoms with Gasteiger partial charge >= 0.3 is 0 Å². The maximum Gasteiger partial charge on any atom is 0.00424 e. The Bertz CT molecular complexity index is 106. The first-order chi connectivity index (χ1) is 3.95. The molecule has 0 aliphatic carbocycles. The lowest BCUT2D eigenvalue weighted by atomic mass is 9.91. The molecule has 0 unspecified atom stereocenters. The van der Waals surface area contributed by atoms with Gasteiger partial charge in [0.2, 0.25) is 0 Å². The van der Waals surface area contributed by atoms with E-state index in [0.717, 1.165) is 12.1 Å². The van der Waals surface area contributed by atoms with Gasteiger partial charge in [-0.2, -0.15) is 0 Å². The summed E-state index contributed by atoms with van der Waals surface area (Å²) in [5.41, 5.74) is 6.94. The van der Waals surface area contributed by atoms with Crippen molar-refractivity contribution in [2.45, 2.75) is 34.1 Å². The zero-order valence-corrected chi connectivity index (χ0v) is 6.86. The van der Waals surface area contributed by atoms with Crippen molar-refractivity contribution in [2.24, 2.45) is 11.1 Å². The van der Waals surface area contributed by atoms with Crippen molar-refractivity contribution in [3.63, 3.8) is 0 Å². The van der Waals surface area contributed by atoms with Crippen LogP contribution in [0, 0.1) is 5.41 Å². The molecule has 0 heterocycles. The molecule has 0 aliphatic rings. The number of allylic oxidation sites excluding steroid dienone is 2. The van der Waals surface area contributed by atoms with Crippen LogP contribution < -0.4 is 5.73 Å². The van der Waals surface area contributed by atoms with E-state index in [4.69, 9.17) is 5.73 Å². The predicted octanol–water partition coefficient (Wildman–Crippen LogP) is 2.29. The van der Waals surface area contributed by atoms with Crippen LogP contribution in [0.2, 0.25) is 0 Å². The second-order valence-corrected chi connectivity index (χ2v) is 3.60. The zero-order chi connectivity index (χ0) is 7.49. The molecule has 0 amide bonds. The third kappa shape index (κ3) is 5.41. The number of rotatable bonds is 1. The van der Waals surface area contributed by atoms with E-state index in [1.165, 1.54) is 0 Å². The van der Waals surface area contributed by atoms with Crippen LogP contribution in [-0.2, 0) is 0 Å². The van der Waals surface area contributed by atoms with Gasteiger partial charge in [-0.1, -0.05) is 26.8 Å². The molecule has 0 saturated heterocycles. The highest BCUT2D eigenvalue weighted by atomic mass is 14.6. The Morgan fingerprint density at radius 2 is 1.89 bits per heavy atom. The zero-order valence-electron chi connectivity index (χ0n) is 6.86. The molecule has 0 radical (unpaired) electrons. The molecule has 0 saturated carbocycles. The Balaban J connectivity index is 3.75. The van der Waals surface area contributed by atoms with Crippen molar-refractivity contribution in [1.82, 2.24) is 0 Å². The number of nitrogens with two attached hydrogens (primary N) is 1. The third-order valence-electron chi connectivity index (χ3n) is 1.11. The Morgan fingerprint density at radius 3 is 2.00 bits per heavy atom. The van der Waals surface area contributed by atoms with Crippen molar-refractivity contribution in [3.8, 4) is 0 Å². The molecule has 0 rings (SSSR count). The molecule has 9 heavy (non-hydrogen) atoms. The van der Waals surface area contributed by atoms with Crippen LogP contribution in [0.25, 0.3) is 0 Å². The Hall–Kier alpha value is -0.460. The van der Waals surface area contributed by atoms with E-state index in [2.05, 4.69) is 20.8 Å². The molecule has 1 heteroatoms. The summed E-state index contributed by atoms with van der Waals surface area (Å²) in [6.07, 6.45) is 2.95.